The monoisotopic (exact) mass is 280 g/mol. The number of carbonyl (C=O) groups is 1. The van der Waals surface area contributed by atoms with Crippen LogP contribution in [-0.4, -0.2) is 43.7 Å². The Balaban J connectivity index is 2.07. The Morgan fingerprint density at radius 2 is 2.15 bits per heavy atom. The van der Waals surface area contributed by atoms with E-state index in [0.29, 0.717) is 38.3 Å². The molecule has 2 rings (SSSR count). The van der Waals surface area contributed by atoms with Crippen molar-refractivity contribution < 1.29 is 13.9 Å². The van der Waals surface area contributed by atoms with Crippen molar-refractivity contribution in [2.75, 3.05) is 32.8 Å². The summed E-state index contributed by atoms with van der Waals surface area (Å²) in [4.78, 5) is 14.2. The molecule has 5 heteroatoms. The van der Waals surface area contributed by atoms with Crippen LogP contribution in [0.2, 0.25) is 0 Å². The maximum Gasteiger partial charge on any atom is 0.227 e. The van der Waals surface area contributed by atoms with Crippen LogP contribution < -0.4 is 5.73 Å². The summed E-state index contributed by atoms with van der Waals surface area (Å²) in [7, 11) is 0. The second-order valence-corrected chi connectivity index (χ2v) is 5.17. The van der Waals surface area contributed by atoms with Gasteiger partial charge in [0, 0.05) is 19.6 Å². The number of hydrogen-bond donors (Lipinski definition) is 1. The van der Waals surface area contributed by atoms with Crippen molar-refractivity contribution in [2.24, 2.45) is 11.7 Å². The van der Waals surface area contributed by atoms with Crippen LogP contribution in [0, 0.1) is 18.7 Å². The number of hydrogen-bond acceptors (Lipinski definition) is 3. The third-order valence-electron chi connectivity index (χ3n) is 3.62. The van der Waals surface area contributed by atoms with Gasteiger partial charge in [0.1, 0.15) is 5.82 Å². The van der Waals surface area contributed by atoms with Crippen LogP contribution in [0.1, 0.15) is 11.1 Å². The predicted molar refractivity (Wildman–Crippen MR) is 74.8 cm³/mol. The van der Waals surface area contributed by atoms with Gasteiger partial charge in [-0.2, -0.15) is 0 Å². The molecule has 0 radical (unpaired) electrons. The van der Waals surface area contributed by atoms with Crippen molar-refractivity contribution >= 4 is 5.91 Å². The molecule has 0 saturated carbocycles. The number of amides is 1. The number of halogens is 1. The highest BCUT2D eigenvalue weighted by atomic mass is 19.1. The zero-order chi connectivity index (χ0) is 14.5. The van der Waals surface area contributed by atoms with E-state index in [1.165, 1.54) is 6.07 Å². The smallest absolute Gasteiger partial charge is 0.227 e. The lowest BCUT2D eigenvalue weighted by Crippen LogP contribution is -2.46. The van der Waals surface area contributed by atoms with Crippen LogP contribution in [0.15, 0.2) is 18.2 Å². The number of benzene rings is 1. The minimum absolute atomic E-state index is 0.00305. The van der Waals surface area contributed by atoms with Crippen LogP contribution in [0.25, 0.3) is 0 Å². The van der Waals surface area contributed by atoms with E-state index in [1.807, 2.05) is 6.92 Å². The van der Waals surface area contributed by atoms with Gasteiger partial charge in [-0.1, -0.05) is 17.7 Å². The molecule has 0 bridgehead atoms. The summed E-state index contributed by atoms with van der Waals surface area (Å²) in [5, 5.41) is 0. The molecule has 1 unspecified atom stereocenters. The highest BCUT2D eigenvalue weighted by Gasteiger charge is 2.25. The van der Waals surface area contributed by atoms with Crippen LogP contribution in [-0.2, 0) is 16.0 Å². The molecule has 4 nitrogen and oxygen atoms in total. The van der Waals surface area contributed by atoms with Crippen LogP contribution >= 0.6 is 0 Å². The van der Waals surface area contributed by atoms with E-state index >= 15 is 0 Å². The van der Waals surface area contributed by atoms with Gasteiger partial charge in [0.15, 0.2) is 0 Å². The lowest BCUT2D eigenvalue weighted by molar-refractivity contribution is -0.139. The molecule has 0 spiro atoms. The molecule has 20 heavy (non-hydrogen) atoms. The van der Waals surface area contributed by atoms with Crippen LogP contribution in [0.4, 0.5) is 4.39 Å². The fourth-order valence-electron chi connectivity index (χ4n) is 2.44. The van der Waals surface area contributed by atoms with Crippen molar-refractivity contribution in [1.82, 2.24) is 4.90 Å². The molecule has 1 atom stereocenters. The summed E-state index contributed by atoms with van der Waals surface area (Å²) in [6, 6.07) is 4.95. The topological polar surface area (TPSA) is 55.6 Å². The SMILES string of the molecule is Cc1ccc(F)c(CC(CN)C(=O)N2CCOCC2)c1. The Hall–Kier alpha value is -1.46. The lowest BCUT2D eigenvalue weighted by Gasteiger charge is -2.30. The van der Waals surface area contributed by atoms with E-state index < -0.39 is 0 Å². The summed E-state index contributed by atoms with van der Waals surface area (Å²) in [5.41, 5.74) is 7.25. The van der Waals surface area contributed by atoms with E-state index in [2.05, 4.69) is 0 Å². The first-order valence-corrected chi connectivity index (χ1v) is 6.93. The van der Waals surface area contributed by atoms with Gasteiger partial charge in [-0.3, -0.25) is 4.79 Å². The van der Waals surface area contributed by atoms with Gasteiger partial charge in [0.25, 0.3) is 0 Å². The average Bonchev–Trinajstić information content (AvgIpc) is 2.48. The third kappa shape index (κ3) is 3.55. The largest absolute Gasteiger partial charge is 0.378 e. The maximum absolute atomic E-state index is 13.8. The fraction of sp³-hybridized carbons (Fsp3) is 0.533. The van der Waals surface area contributed by atoms with Crippen molar-refractivity contribution in [3.63, 3.8) is 0 Å². The van der Waals surface area contributed by atoms with E-state index in [1.54, 1.807) is 17.0 Å². The number of ether oxygens (including phenoxy) is 1. The molecular formula is C15H21FN2O2. The summed E-state index contributed by atoms with van der Waals surface area (Å²) >= 11 is 0. The average molecular weight is 280 g/mol. The molecule has 1 aromatic rings. The highest BCUT2D eigenvalue weighted by molar-refractivity contribution is 5.79. The molecule has 0 aromatic heterocycles. The van der Waals surface area contributed by atoms with Gasteiger partial charge in [-0.05, 0) is 25.0 Å². The van der Waals surface area contributed by atoms with Crippen molar-refractivity contribution in [3.05, 3.63) is 35.1 Å². The van der Waals surface area contributed by atoms with Gasteiger partial charge in [-0.25, -0.2) is 4.39 Å². The number of aryl methyl sites for hydroxylation is 1. The van der Waals surface area contributed by atoms with Crippen molar-refractivity contribution in [1.29, 1.82) is 0 Å². The zero-order valence-electron chi connectivity index (χ0n) is 11.8. The van der Waals surface area contributed by atoms with Gasteiger partial charge in [-0.15, -0.1) is 0 Å². The highest BCUT2D eigenvalue weighted by Crippen LogP contribution is 2.17. The zero-order valence-corrected chi connectivity index (χ0v) is 11.8. The van der Waals surface area contributed by atoms with Crippen molar-refractivity contribution in [2.45, 2.75) is 13.3 Å². The standard InChI is InChI=1S/C15H21FN2O2/c1-11-2-3-14(16)12(8-11)9-13(10-17)15(19)18-4-6-20-7-5-18/h2-3,8,13H,4-7,9-10,17H2,1H3. The summed E-state index contributed by atoms with van der Waals surface area (Å²) in [6.45, 7) is 4.43. The Morgan fingerprint density at radius 1 is 1.45 bits per heavy atom. The van der Waals surface area contributed by atoms with E-state index in [-0.39, 0.29) is 24.2 Å². The molecule has 1 aliphatic rings. The summed E-state index contributed by atoms with van der Waals surface area (Å²) in [6.07, 6.45) is 0.347. The Kier molecular flexibility index (Phi) is 5.09. The van der Waals surface area contributed by atoms with Crippen LogP contribution in [0.3, 0.4) is 0 Å². The molecule has 1 fully saturated rings. The molecular weight excluding hydrogens is 259 g/mol. The quantitative estimate of drug-likeness (QED) is 0.899. The van der Waals surface area contributed by atoms with Crippen LogP contribution in [0.5, 0.6) is 0 Å². The summed E-state index contributed by atoms with van der Waals surface area (Å²) in [5.74, 6) is -0.648. The van der Waals surface area contributed by atoms with Gasteiger partial charge < -0.3 is 15.4 Å². The Bertz CT molecular complexity index is 473. The molecule has 1 heterocycles. The molecule has 1 aromatic carbocycles. The number of carbonyl (C=O) groups excluding carboxylic acids is 1. The first-order chi connectivity index (χ1) is 9.61. The minimum atomic E-state index is -0.371. The minimum Gasteiger partial charge on any atom is -0.378 e. The normalized spacial score (nSPS) is 17.1. The summed E-state index contributed by atoms with van der Waals surface area (Å²) < 4.78 is 19.0. The van der Waals surface area contributed by atoms with E-state index in [4.69, 9.17) is 10.5 Å². The molecule has 1 amide bonds. The Labute approximate surface area is 118 Å². The van der Waals surface area contributed by atoms with Gasteiger partial charge >= 0.3 is 0 Å². The first-order valence-electron chi connectivity index (χ1n) is 6.93. The fourth-order valence-corrected chi connectivity index (χ4v) is 2.44. The number of rotatable bonds is 4. The maximum atomic E-state index is 13.8. The van der Waals surface area contributed by atoms with Gasteiger partial charge in [0.05, 0.1) is 19.1 Å². The second kappa shape index (κ2) is 6.81. The molecule has 1 aliphatic heterocycles. The Morgan fingerprint density at radius 3 is 2.80 bits per heavy atom. The molecule has 110 valence electrons. The van der Waals surface area contributed by atoms with E-state index in [9.17, 15) is 9.18 Å². The predicted octanol–water partition coefficient (Wildman–Crippen LogP) is 1.11. The van der Waals surface area contributed by atoms with Crippen molar-refractivity contribution in [3.8, 4) is 0 Å². The molecule has 1 saturated heterocycles. The third-order valence-corrected chi connectivity index (χ3v) is 3.62. The first kappa shape index (κ1) is 14.9. The lowest BCUT2D eigenvalue weighted by atomic mass is 9.96. The molecule has 2 N–H and O–H groups in total. The van der Waals surface area contributed by atoms with Gasteiger partial charge in [0.2, 0.25) is 5.91 Å². The number of nitrogens with zero attached hydrogens (tertiary/aromatic N) is 1. The number of morpholine rings is 1. The molecule has 0 aliphatic carbocycles. The second-order valence-electron chi connectivity index (χ2n) is 5.17. The number of nitrogens with two attached hydrogens (primary N) is 1. The van der Waals surface area contributed by atoms with E-state index in [0.717, 1.165) is 5.56 Å².